The van der Waals surface area contributed by atoms with Crippen LogP contribution in [0.25, 0.3) is 11.4 Å². The van der Waals surface area contributed by atoms with Gasteiger partial charge in [0.25, 0.3) is 5.91 Å². The number of carbonyl (C=O) groups excluding carboxylic acids is 1. The summed E-state index contributed by atoms with van der Waals surface area (Å²) in [4.78, 5) is 26.1. The maximum absolute atomic E-state index is 12.9. The summed E-state index contributed by atoms with van der Waals surface area (Å²) in [5.41, 5.74) is 2.58. The van der Waals surface area contributed by atoms with Crippen LogP contribution >= 0.6 is 0 Å². The third kappa shape index (κ3) is 3.60. The van der Waals surface area contributed by atoms with Crippen molar-refractivity contribution in [2.75, 3.05) is 31.1 Å². The summed E-state index contributed by atoms with van der Waals surface area (Å²) in [7, 11) is 0. The first-order valence-electron chi connectivity index (χ1n) is 9.59. The summed E-state index contributed by atoms with van der Waals surface area (Å²) < 4.78 is 0. The SMILES string of the molecule is CC(C)c1[nH]ncc1C(=O)N1CCN(c2ccnc(-c3ccccc3)n2)CC1. The quantitative estimate of drug-likeness (QED) is 0.757. The Kier molecular flexibility index (Phi) is 5.06. The predicted octanol–water partition coefficient (Wildman–Crippen LogP) is 2.95. The van der Waals surface area contributed by atoms with Gasteiger partial charge in [-0.05, 0) is 12.0 Å². The van der Waals surface area contributed by atoms with E-state index in [-0.39, 0.29) is 11.8 Å². The normalized spacial score (nSPS) is 14.5. The lowest BCUT2D eigenvalue weighted by molar-refractivity contribution is 0.0745. The number of hydrogen-bond donors (Lipinski definition) is 1. The molecular weight excluding hydrogens is 352 g/mol. The van der Waals surface area contributed by atoms with Crippen molar-refractivity contribution in [3.05, 3.63) is 60.0 Å². The van der Waals surface area contributed by atoms with E-state index in [1.807, 2.05) is 41.3 Å². The molecule has 0 radical (unpaired) electrons. The summed E-state index contributed by atoms with van der Waals surface area (Å²) >= 11 is 0. The highest BCUT2D eigenvalue weighted by Gasteiger charge is 2.26. The van der Waals surface area contributed by atoms with Crippen LogP contribution in [0.4, 0.5) is 5.82 Å². The number of anilines is 1. The average molecular weight is 376 g/mol. The number of aromatic amines is 1. The van der Waals surface area contributed by atoms with E-state index >= 15 is 0 Å². The van der Waals surface area contributed by atoms with E-state index < -0.39 is 0 Å². The second kappa shape index (κ2) is 7.80. The monoisotopic (exact) mass is 376 g/mol. The molecule has 0 unspecified atom stereocenters. The number of piperazine rings is 1. The minimum atomic E-state index is 0.0461. The van der Waals surface area contributed by atoms with Crippen molar-refractivity contribution in [2.24, 2.45) is 0 Å². The minimum absolute atomic E-state index is 0.0461. The Hall–Kier alpha value is -3.22. The average Bonchev–Trinajstić information content (AvgIpc) is 3.24. The van der Waals surface area contributed by atoms with E-state index in [2.05, 4.69) is 33.9 Å². The molecule has 1 aliphatic rings. The van der Waals surface area contributed by atoms with E-state index in [4.69, 9.17) is 4.98 Å². The largest absolute Gasteiger partial charge is 0.353 e. The maximum atomic E-state index is 12.9. The first-order valence-corrected chi connectivity index (χ1v) is 9.59. The van der Waals surface area contributed by atoms with Crippen molar-refractivity contribution in [3.63, 3.8) is 0 Å². The van der Waals surface area contributed by atoms with Crippen LogP contribution in [0.15, 0.2) is 48.8 Å². The molecule has 3 heterocycles. The molecule has 7 nitrogen and oxygen atoms in total. The van der Waals surface area contributed by atoms with Gasteiger partial charge in [0.1, 0.15) is 5.82 Å². The number of H-pyrrole nitrogens is 1. The number of rotatable bonds is 4. The zero-order valence-corrected chi connectivity index (χ0v) is 16.2. The molecule has 3 aromatic rings. The summed E-state index contributed by atoms with van der Waals surface area (Å²) in [6, 6.07) is 11.9. The van der Waals surface area contributed by atoms with E-state index in [0.29, 0.717) is 18.7 Å². The van der Waals surface area contributed by atoms with Crippen molar-refractivity contribution >= 4 is 11.7 Å². The van der Waals surface area contributed by atoms with Gasteiger partial charge in [0.2, 0.25) is 0 Å². The molecule has 4 rings (SSSR count). The number of hydrogen-bond acceptors (Lipinski definition) is 5. The smallest absolute Gasteiger partial charge is 0.257 e. The Morgan fingerprint density at radius 2 is 1.82 bits per heavy atom. The van der Waals surface area contributed by atoms with Gasteiger partial charge < -0.3 is 9.80 Å². The van der Waals surface area contributed by atoms with Crippen LogP contribution in [-0.2, 0) is 0 Å². The number of amides is 1. The van der Waals surface area contributed by atoms with Crippen LogP contribution in [0.3, 0.4) is 0 Å². The molecule has 0 aliphatic carbocycles. The van der Waals surface area contributed by atoms with Gasteiger partial charge in [0.05, 0.1) is 17.5 Å². The van der Waals surface area contributed by atoms with Crippen molar-refractivity contribution in [3.8, 4) is 11.4 Å². The number of aromatic nitrogens is 4. The van der Waals surface area contributed by atoms with Crippen LogP contribution in [0.1, 0.15) is 35.8 Å². The van der Waals surface area contributed by atoms with Crippen molar-refractivity contribution < 1.29 is 4.79 Å². The fraction of sp³-hybridized carbons (Fsp3) is 0.333. The first kappa shape index (κ1) is 18.2. The molecule has 0 saturated carbocycles. The van der Waals surface area contributed by atoms with Crippen LogP contribution in [-0.4, -0.2) is 57.2 Å². The van der Waals surface area contributed by atoms with Crippen LogP contribution in [0.5, 0.6) is 0 Å². The molecular formula is C21H24N6O. The van der Waals surface area contributed by atoms with Crippen molar-refractivity contribution in [2.45, 2.75) is 19.8 Å². The number of nitrogens with one attached hydrogen (secondary N) is 1. The molecule has 7 heteroatoms. The third-order valence-electron chi connectivity index (χ3n) is 5.04. The Bertz CT molecular complexity index is 944. The van der Waals surface area contributed by atoms with Crippen molar-refractivity contribution in [1.29, 1.82) is 0 Å². The number of benzene rings is 1. The Balaban J connectivity index is 1.45. The van der Waals surface area contributed by atoms with Gasteiger partial charge in [0.15, 0.2) is 5.82 Å². The molecule has 1 saturated heterocycles. The van der Waals surface area contributed by atoms with Gasteiger partial charge in [-0.3, -0.25) is 9.89 Å². The minimum Gasteiger partial charge on any atom is -0.353 e. The lowest BCUT2D eigenvalue weighted by Gasteiger charge is -2.35. The predicted molar refractivity (Wildman–Crippen MR) is 108 cm³/mol. The molecule has 1 amide bonds. The van der Waals surface area contributed by atoms with E-state index in [1.165, 1.54) is 0 Å². The summed E-state index contributed by atoms with van der Waals surface area (Å²) in [6.45, 7) is 6.92. The second-order valence-electron chi connectivity index (χ2n) is 7.24. The zero-order valence-electron chi connectivity index (χ0n) is 16.2. The van der Waals surface area contributed by atoms with Crippen LogP contribution in [0.2, 0.25) is 0 Å². The van der Waals surface area contributed by atoms with E-state index in [9.17, 15) is 4.79 Å². The summed E-state index contributed by atoms with van der Waals surface area (Å²) in [5, 5.41) is 7.02. The molecule has 0 spiro atoms. The zero-order chi connectivity index (χ0) is 19.5. The molecule has 2 aromatic heterocycles. The molecule has 1 aliphatic heterocycles. The lowest BCUT2D eigenvalue weighted by Crippen LogP contribution is -2.49. The molecule has 1 aromatic carbocycles. The van der Waals surface area contributed by atoms with Gasteiger partial charge in [-0.25, -0.2) is 9.97 Å². The fourth-order valence-electron chi connectivity index (χ4n) is 3.47. The summed E-state index contributed by atoms with van der Waals surface area (Å²) in [6.07, 6.45) is 3.43. The van der Waals surface area contributed by atoms with E-state index in [1.54, 1.807) is 12.4 Å². The highest BCUT2D eigenvalue weighted by atomic mass is 16.2. The molecule has 0 atom stereocenters. The molecule has 1 fully saturated rings. The topological polar surface area (TPSA) is 78.0 Å². The van der Waals surface area contributed by atoms with Crippen LogP contribution in [0, 0.1) is 0 Å². The van der Waals surface area contributed by atoms with Gasteiger partial charge in [-0.15, -0.1) is 0 Å². The molecule has 144 valence electrons. The Morgan fingerprint density at radius 1 is 1.07 bits per heavy atom. The standard InChI is InChI=1S/C21H24N6O/c1-15(2)19-17(14-23-25-19)21(28)27-12-10-26(11-13-27)18-8-9-22-20(24-18)16-6-4-3-5-7-16/h3-9,14-15H,10-13H2,1-2H3,(H,23,25). The molecule has 0 bridgehead atoms. The summed E-state index contributed by atoms with van der Waals surface area (Å²) in [5.74, 6) is 1.90. The van der Waals surface area contributed by atoms with E-state index in [0.717, 1.165) is 36.0 Å². The Morgan fingerprint density at radius 3 is 2.54 bits per heavy atom. The molecule has 28 heavy (non-hydrogen) atoms. The van der Waals surface area contributed by atoms with Crippen molar-refractivity contribution in [1.82, 2.24) is 25.1 Å². The fourth-order valence-corrected chi connectivity index (χ4v) is 3.47. The molecule has 1 N–H and O–H groups in total. The highest BCUT2D eigenvalue weighted by Crippen LogP contribution is 2.21. The maximum Gasteiger partial charge on any atom is 0.257 e. The van der Waals surface area contributed by atoms with Gasteiger partial charge in [-0.1, -0.05) is 44.2 Å². The van der Waals surface area contributed by atoms with Gasteiger partial charge in [0, 0.05) is 37.9 Å². The number of carbonyl (C=O) groups is 1. The number of nitrogens with zero attached hydrogens (tertiary/aromatic N) is 5. The van der Waals surface area contributed by atoms with Crippen LogP contribution < -0.4 is 4.90 Å². The first-order chi connectivity index (χ1) is 13.6. The second-order valence-corrected chi connectivity index (χ2v) is 7.24. The van der Waals surface area contributed by atoms with Gasteiger partial charge in [-0.2, -0.15) is 5.10 Å². The lowest BCUT2D eigenvalue weighted by atomic mass is 10.1. The highest BCUT2D eigenvalue weighted by molar-refractivity contribution is 5.95. The van der Waals surface area contributed by atoms with Gasteiger partial charge >= 0.3 is 0 Å². The third-order valence-corrected chi connectivity index (χ3v) is 5.04. The Labute approximate surface area is 164 Å².